The smallest absolute Gasteiger partial charge is 0.137 e. The fourth-order valence-electron chi connectivity index (χ4n) is 6.54. The Morgan fingerprint density at radius 2 is 1.50 bits per heavy atom. The average molecular weight is 605 g/mol. The van der Waals surface area contributed by atoms with Gasteiger partial charge in [0.15, 0.2) is 0 Å². The van der Waals surface area contributed by atoms with Gasteiger partial charge < -0.3 is 4.74 Å². The fourth-order valence-corrected chi connectivity index (χ4v) is 6.54. The standard InChI is InChI=1S/C41H40N4O/c1-6-28-18-19-42-40(20-28)45-38-15-10-9-14-36(38)37-17-16-34(24-39(37)45)46-35-22-31(27(4)5)21-33(23-35)44-26-32(25-43-44)41-29(7-2)12-11-13-30(41)8-3/h9-27H,6-8H2,1-5H3. The molecule has 0 amide bonds. The van der Waals surface area contributed by atoms with Gasteiger partial charge in [-0.05, 0) is 95.5 Å². The maximum Gasteiger partial charge on any atom is 0.137 e. The van der Waals surface area contributed by atoms with Gasteiger partial charge in [-0.15, -0.1) is 0 Å². The number of pyridine rings is 1. The van der Waals surface area contributed by atoms with Gasteiger partial charge in [0, 0.05) is 40.9 Å². The molecule has 0 aliphatic heterocycles. The second-order valence-electron chi connectivity index (χ2n) is 12.3. The van der Waals surface area contributed by atoms with Crippen LogP contribution in [-0.4, -0.2) is 19.3 Å². The molecular formula is C41H40N4O. The van der Waals surface area contributed by atoms with Gasteiger partial charge in [0.25, 0.3) is 0 Å². The van der Waals surface area contributed by atoms with Gasteiger partial charge in [-0.1, -0.05) is 71.0 Å². The highest BCUT2D eigenvalue weighted by Crippen LogP contribution is 2.36. The Morgan fingerprint density at radius 1 is 0.717 bits per heavy atom. The molecule has 0 bridgehead atoms. The van der Waals surface area contributed by atoms with Crippen molar-refractivity contribution in [3.05, 3.63) is 132 Å². The molecule has 0 fully saturated rings. The first kappa shape index (κ1) is 29.5. The number of fused-ring (bicyclic) bond motifs is 3. The van der Waals surface area contributed by atoms with Crippen LogP contribution in [-0.2, 0) is 19.3 Å². The summed E-state index contributed by atoms with van der Waals surface area (Å²) in [5.41, 5.74) is 10.8. The first-order valence-corrected chi connectivity index (χ1v) is 16.4. The number of hydrogen-bond acceptors (Lipinski definition) is 3. The number of aryl methyl sites for hydroxylation is 3. The Bertz CT molecular complexity index is 2160. The Balaban J connectivity index is 1.30. The van der Waals surface area contributed by atoms with Gasteiger partial charge in [0.2, 0.25) is 0 Å². The summed E-state index contributed by atoms with van der Waals surface area (Å²) in [5, 5.41) is 7.21. The quantitative estimate of drug-likeness (QED) is 0.165. The van der Waals surface area contributed by atoms with Crippen LogP contribution in [0.1, 0.15) is 62.8 Å². The lowest BCUT2D eigenvalue weighted by atomic mass is 9.94. The minimum atomic E-state index is 0.326. The predicted octanol–water partition coefficient (Wildman–Crippen LogP) is 10.6. The van der Waals surface area contributed by atoms with Crippen LogP contribution in [0.3, 0.4) is 0 Å². The second kappa shape index (κ2) is 12.3. The number of benzene rings is 4. The van der Waals surface area contributed by atoms with Crippen molar-refractivity contribution in [2.45, 2.75) is 59.8 Å². The molecule has 0 unspecified atom stereocenters. The molecule has 0 aliphatic carbocycles. The largest absolute Gasteiger partial charge is 0.457 e. The molecule has 7 aromatic rings. The van der Waals surface area contributed by atoms with E-state index in [1.165, 1.54) is 38.6 Å². The Kier molecular flexibility index (Phi) is 7.91. The third kappa shape index (κ3) is 5.36. The van der Waals surface area contributed by atoms with Crippen molar-refractivity contribution in [2.75, 3.05) is 0 Å². The van der Waals surface area contributed by atoms with Gasteiger partial charge in [-0.3, -0.25) is 4.57 Å². The van der Waals surface area contributed by atoms with Gasteiger partial charge in [-0.2, -0.15) is 5.10 Å². The summed E-state index contributed by atoms with van der Waals surface area (Å²) >= 11 is 0. The van der Waals surface area contributed by atoms with Crippen LogP contribution in [0.15, 0.2) is 110 Å². The van der Waals surface area contributed by atoms with Crippen LogP contribution in [0.4, 0.5) is 0 Å². The highest BCUT2D eigenvalue weighted by Gasteiger charge is 2.16. The second-order valence-corrected chi connectivity index (χ2v) is 12.3. The molecule has 3 heterocycles. The minimum Gasteiger partial charge on any atom is -0.457 e. The third-order valence-corrected chi connectivity index (χ3v) is 9.04. The first-order valence-electron chi connectivity index (χ1n) is 16.4. The highest BCUT2D eigenvalue weighted by molar-refractivity contribution is 6.09. The van der Waals surface area contributed by atoms with E-state index in [9.17, 15) is 0 Å². The van der Waals surface area contributed by atoms with Crippen molar-refractivity contribution in [2.24, 2.45) is 0 Å². The average Bonchev–Trinajstić information content (AvgIpc) is 3.71. The molecular weight excluding hydrogens is 564 g/mol. The lowest BCUT2D eigenvalue weighted by molar-refractivity contribution is 0.481. The molecule has 4 aromatic carbocycles. The zero-order valence-electron chi connectivity index (χ0n) is 27.3. The van der Waals surface area contributed by atoms with E-state index in [0.29, 0.717) is 5.92 Å². The molecule has 3 aromatic heterocycles. The van der Waals surface area contributed by atoms with Gasteiger partial charge in [0.1, 0.15) is 17.3 Å². The number of aromatic nitrogens is 4. The van der Waals surface area contributed by atoms with E-state index in [1.807, 2.05) is 17.1 Å². The molecule has 5 nitrogen and oxygen atoms in total. The normalized spacial score (nSPS) is 11.6. The van der Waals surface area contributed by atoms with E-state index in [1.54, 1.807) is 0 Å². The maximum atomic E-state index is 6.66. The third-order valence-electron chi connectivity index (χ3n) is 9.04. The molecule has 0 saturated carbocycles. The Labute approximate surface area is 271 Å². The topological polar surface area (TPSA) is 44.9 Å². The van der Waals surface area contributed by atoms with Crippen LogP contribution in [0.5, 0.6) is 11.5 Å². The summed E-state index contributed by atoms with van der Waals surface area (Å²) in [6.07, 6.45) is 8.97. The SMILES string of the molecule is CCc1ccnc(-n2c3ccccc3c3ccc(Oc4cc(C(C)C)cc(-n5cc(-c6c(CC)cccc6CC)cn5)c4)cc32)c1. The number of ether oxygens (including phenoxy) is 1. The molecule has 46 heavy (non-hydrogen) atoms. The number of hydrogen-bond donors (Lipinski definition) is 0. The lowest BCUT2D eigenvalue weighted by Gasteiger charge is -2.14. The molecule has 0 N–H and O–H groups in total. The predicted molar refractivity (Wildman–Crippen MR) is 190 cm³/mol. The van der Waals surface area contributed by atoms with E-state index in [4.69, 9.17) is 14.8 Å². The zero-order chi connectivity index (χ0) is 31.8. The summed E-state index contributed by atoms with van der Waals surface area (Å²) in [6, 6.07) is 32.2. The molecule has 0 spiro atoms. The monoisotopic (exact) mass is 604 g/mol. The van der Waals surface area contributed by atoms with Crippen LogP contribution in [0, 0.1) is 0 Å². The Hall–Kier alpha value is -5.16. The maximum absolute atomic E-state index is 6.66. The Morgan fingerprint density at radius 3 is 2.26 bits per heavy atom. The fraction of sp³-hybridized carbons (Fsp3) is 0.220. The minimum absolute atomic E-state index is 0.326. The van der Waals surface area contributed by atoms with Crippen molar-refractivity contribution in [1.82, 2.24) is 19.3 Å². The zero-order valence-corrected chi connectivity index (χ0v) is 27.3. The van der Waals surface area contributed by atoms with E-state index in [2.05, 4.69) is 136 Å². The van der Waals surface area contributed by atoms with Crippen LogP contribution in [0.2, 0.25) is 0 Å². The molecule has 0 aliphatic rings. The van der Waals surface area contributed by atoms with E-state index >= 15 is 0 Å². The van der Waals surface area contributed by atoms with Crippen molar-refractivity contribution in [3.8, 4) is 34.1 Å². The number of nitrogens with zero attached hydrogens (tertiary/aromatic N) is 4. The summed E-state index contributed by atoms with van der Waals surface area (Å²) < 4.78 is 10.9. The number of rotatable bonds is 9. The van der Waals surface area contributed by atoms with Gasteiger partial charge >= 0.3 is 0 Å². The van der Waals surface area contributed by atoms with Crippen LogP contribution >= 0.6 is 0 Å². The van der Waals surface area contributed by atoms with Crippen LogP contribution < -0.4 is 4.74 Å². The molecule has 0 radical (unpaired) electrons. The van der Waals surface area contributed by atoms with E-state index in [-0.39, 0.29) is 0 Å². The molecule has 0 saturated heterocycles. The van der Waals surface area contributed by atoms with Crippen molar-refractivity contribution in [1.29, 1.82) is 0 Å². The summed E-state index contributed by atoms with van der Waals surface area (Å²) in [7, 11) is 0. The van der Waals surface area contributed by atoms with Crippen molar-refractivity contribution in [3.63, 3.8) is 0 Å². The molecule has 230 valence electrons. The first-order chi connectivity index (χ1) is 22.5. The summed E-state index contributed by atoms with van der Waals surface area (Å²) in [6.45, 7) is 11.0. The van der Waals surface area contributed by atoms with Gasteiger partial charge in [0.05, 0.1) is 22.9 Å². The van der Waals surface area contributed by atoms with Crippen molar-refractivity contribution >= 4 is 21.8 Å². The van der Waals surface area contributed by atoms with Crippen LogP contribution in [0.25, 0.3) is 44.4 Å². The molecule has 7 rings (SSSR count). The summed E-state index contributed by atoms with van der Waals surface area (Å²) in [4.78, 5) is 4.78. The van der Waals surface area contributed by atoms with E-state index < -0.39 is 0 Å². The summed E-state index contributed by atoms with van der Waals surface area (Å²) in [5.74, 6) is 2.80. The van der Waals surface area contributed by atoms with Crippen molar-refractivity contribution < 1.29 is 4.74 Å². The molecule has 0 atom stereocenters. The molecule has 5 heteroatoms. The van der Waals surface area contributed by atoms with Gasteiger partial charge in [-0.25, -0.2) is 9.67 Å². The van der Waals surface area contributed by atoms with E-state index in [0.717, 1.165) is 58.9 Å². The number of para-hydroxylation sites is 1. The highest BCUT2D eigenvalue weighted by atomic mass is 16.5. The lowest BCUT2D eigenvalue weighted by Crippen LogP contribution is -1.99.